The second kappa shape index (κ2) is 4.00. The predicted octanol–water partition coefficient (Wildman–Crippen LogP) is 1.94. The topological polar surface area (TPSA) is 60.4 Å². The van der Waals surface area contributed by atoms with E-state index in [1.54, 1.807) is 30.6 Å². The van der Waals surface area contributed by atoms with Crippen molar-refractivity contribution in [2.75, 3.05) is 5.73 Å². The predicted molar refractivity (Wildman–Crippen MR) is 71.3 cm³/mol. The molecular formula is C14H11N3O. The molecule has 4 nitrogen and oxygen atoms in total. The van der Waals surface area contributed by atoms with E-state index in [-0.39, 0.29) is 5.56 Å². The molecule has 0 aliphatic rings. The third-order valence-corrected chi connectivity index (χ3v) is 2.84. The number of fused-ring (bicyclic) bond motifs is 1. The van der Waals surface area contributed by atoms with Crippen molar-refractivity contribution in [3.8, 4) is 11.1 Å². The van der Waals surface area contributed by atoms with Gasteiger partial charge in [0.05, 0.1) is 5.56 Å². The fraction of sp³-hybridized carbons (Fsp3) is 0. The summed E-state index contributed by atoms with van der Waals surface area (Å²) in [7, 11) is 0. The van der Waals surface area contributed by atoms with Gasteiger partial charge in [0.2, 0.25) is 0 Å². The summed E-state index contributed by atoms with van der Waals surface area (Å²) >= 11 is 0. The van der Waals surface area contributed by atoms with E-state index in [0.717, 1.165) is 5.56 Å². The van der Waals surface area contributed by atoms with Crippen molar-refractivity contribution < 1.29 is 0 Å². The van der Waals surface area contributed by atoms with E-state index in [2.05, 4.69) is 4.98 Å². The van der Waals surface area contributed by atoms with Gasteiger partial charge in [-0.3, -0.25) is 9.20 Å². The Bertz CT molecular complexity index is 760. The van der Waals surface area contributed by atoms with Gasteiger partial charge in [0.1, 0.15) is 5.65 Å². The van der Waals surface area contributed by atoms with Crippen LogP contribution in [0.15, 0.2) is 59.7 Å². The van der Waals surface area contributed by atoms with Crippen LogP contribution in [-0.2, 0) is 0 Å². The fourth-order valence-electron chi connectivity index (χ4n) is 1.89. The van der Waals surface area contributed by atoms with Crippen molar-refractivity contribution in [2.45, 2.75) is 0 Å². The lowest BCUT2D eigenvalue weighted by Gasteiger charge is -2.04. The zero-order chi connectivity index (χ0) is 12.5. The minimum atomic E-state index is -0.0784. The first-order chi connectivity index (χ1) is 8.75. The lowest BCUT2D eigenvalue weighted by Crippen LogP contribution is -2.16. The maximum Gasteiger partial charge on any atom is 0.265 e. The van der Waals surface area contributed by atoms with Gasteiger partial charge in [-0.15, -0.1) is 0 Å². The lowest BCUT2D eigenvalue weighted by atomic mass is 10.1. The van der Waals surface area contributed by atoms with E-state index in [1.165, 1.54) is 4.40 Å². The van der Waals surface area contributed by atoms with Crippen LogP contribution in [0.2, 0.25) is 0 Å². The highest BCUT2D eigenvalue weighted by molar-refractivity contribution is 5.65. The van der Waals surface area contributed by atoms with Crippen LogP contribution in [0.5, 0.6) is 0 Å². The second-order valence-corrected chi connectivity index (χ2v) is 4.03. The lowest BCUT2D eigenvalue weighted by molar-refractivity contribution is 1.05. The highest BCUT2D eigenvalue weighted by Crippen LogP contribution is 2.16. The Morgan fingerprint density at radius 1 is 1.06 bits per heavy atom. The molecule has 0 amide bonds. The molecule has 0 aliphatic carbocycles. The maximum atomic E-state index is 12.3. The summed E-state index contributed by atoms with van der Waals surface area (Å²) in [5, 5.41) is 0. The number of anilines is 1. The second-order valence-electron chi connectivity index (χ2n) is 4.03. The monoisotopic (exact) mass is 237 g/mol. The number of hydrogen-bond acceptors (Lipinski definition) is 3. The van der Waals surface area contributed by atoms with Gasteiger partial charge in [-0.1, -0.05) is 18.2 Å². The van der Waals surface area contributed by atoms with Crippen LogP contribution in [0.1, 0.15) is 0 Å². The van der Waals surface area contributed by atoms with E-state index in [4.69, 9.17) is 5.73 Å². The Labute approximate surface area is 103 Å². The summed E-state index contributed by atoms with van der Waals surface area (Å²) < 4.78 is 1.53. The first kappa shape index (κ1) is 10.5. The van der Waals surface area contributed by atoms with Gasteiger partial charge in [0.15, 0.2) is 0 Å². The molecule has 0 unspecified atom stereocenters. The molecule has 1 aromatic carbocycles. The normalized spacial score (nSPS) is 10.7. The van der Waals surface area contributed by atoms with Crippen molar-refractivity contribution in [1.29, 1.82) is 0 Å². The van der Waals surface area contributed by atoms with Crippen molar-refractivity contribution in [3.63, 3.8) is 0 Å². The molecule has 88 valence electrons. The molecule has 18 heavy (non-hydrogen) atoms. The van der Waals surface area contributed by atoms with Crippen molar-refractivity contribution >= 4 is 11.3 Å². The molecule has 2 aromatic heterocycles. The van der Waals surface area contributed by atoms with E-state index in [9.17, 15) is 4.79 Å². The zero-order valence-electron chi connectivity index (χ0n) is 9.58. The summed E-state index contributed by atoms with van der Waals surface area (Å²) in [5.74, 6) is 0. The van der Waals surface area contributed by atoms with Gasteiger partial charge in [-0.25, -0.2) is 4.98 Å². The molecule has 0 radical (unpaired) electrons. The van der Waals surface area contributed by atoms with Crippen LogP contribution in [-0.4, -0.2) is 9.38 Å². The van der Waals surface area contributed by atoms with Gasteiger partial charge in [-0.05, 0) is 29.8 Å². The number of hydrogen-bond donors (Lipinski definition) is 1. The minimum Gasteiger partial charge on any atom is -0.399 e. The number of nitrogen functional groups attached to an aromatic ring is 1. The van der Waals surface area contributed by atoms with Crippen LogP contribution < -0.4 is 11.3 Å². The van der Waals surface area contributed by atoms with Gasteiger partial charge in [0.25, 0.3) is 5.56 Å². The van der Waals surface area contributed by atoms with Gasteiger partial charge >= 0.3 is 0 Å². The third-order valence-electron chi connectivity index (χ3n) is 2.84. The zero-order valence-corrected chi connectivity index (χ0v) is 9.58. The summed E-state index contributed by atoms with van der Waals surface area (Å²) in [6, 6.07) is 12.6. The van der Waals surface area contributed by atoms with Gasteiger partial charge in [-0.2, -0.15) is 0 Å². The molecule has 0 saturated heterocycles. The summed E-state index contributed by atoms with van der Waals surface area (Å²) in [4.78, 5) is 16.6. The molecule has 0 atom stereocenters. The minimum absolute atomic E-state index is 0.0784. The molecule has 0 spiro atoms. The first-order valence-electron chi connectivity index (χ1n) is 5.58. The maximum absolute atomic E-state index is 12.3. The number of aromatic nitrogens is 2. The van der Waals surface area contributed by atoms with Crippen molar-refractivity contribution in [3.05, 3.63) is 65.2 Å². The number of nitrogens with two attached hydrogens (primary N) is 1. The average Bonchev–Trinajstić information content (AvgIpc) is 2.41. The van der Waals surface area contributed by atoms with Gasteiger partial charge in [0, 0.05) is 18.1 Å². The summed E-state index contributed by atoms with van der Waals surface area (Å²) in [5.41, 5.74) is 8.26. The number of benzene rings is 1. The third kappa shape index (κ3) is 1.64. The first-order valence-corrected chi connectivity index (χ1v) is 5.58. The Kier molecular flexibility index (Phi) is 2.34. The molecule has 0 saturated carbocycles. The molecule has 3 aromatic rings. The van der Waals surface area contributed by atoms with Crippen molar-refractivity contribution in [1.82, 2.24) is 9.38 Å². The summed E-state index contributed by atoms with van der Waals surface area (Å²) in [6.07, 6.45) is 3.31. The fourth-order valence-corrected chi connectivity index (χ4v) is 1.89. The standard InChI is InChI=1S/C14H11N3O/c15-11-6-4-10(5-7-11)12-9-16-13-3-1-2-8-17(13)14(12)18/h1-9H,15H2. The van der Waals surface area contributed by atoms with E-state index in [0.29, 0.717) is 16.9 Å². The molecule has 0 aliphatic heterocycles. The largest absolute Gasteiger partial charge is 0.399 e. The van der Waals surface area contributed by atoms with Gasteiger partial charge < -0.3 is 5.73 Å². The molecule has 4 heteroatoms. The van der Waals surface area contributed by atoms with E-state index >= 15 is 0 Å². The quantitative estimate of drug-likeness (QED) is 0.658. The van der Waals surface area contributed by atoms with Crippen LogP contribution in [0.3, 0.4) is 0 Å². The van der Waals surface area contributed by atoms with Crippen LogP contribution in [0.25, 0.3) is 16.8 Å². The Morgan fingerprint density at radius 2 is 1.83 bits per heavy atom. The molecule has 2 N–H and O–H groups in total. The Balaban J connectivity index is 2.27. The Morgan fingerprint density at radius 3 is 2.61 bits per heavy atom. The highest BCUT2D eigenvalue weighted by atomic mass is 16.1. The smallest absolute Gasteiger partial charge is 0.265 e. The van der Waals surface area contributed by atoms with Crippen LogP contribution >= 0.6 is 0 Å². The Hall–Kier alpha value is -2.62. The molecule has 0 fully saturated rings. The van der Waals surface area contributed by atoms with Crippen molar-refractivity contribution in [2.24, 2.45) is 0 Å². The van der Waals surface area contributed by atoms with Crippen LogP contribution in [0, 0.1) is 0 Å². The number of rotatable bonds is 1. The number of nitrogens with zero attached hydrogens (tertiary/aromatic N) is 2. The molecule has 3 rings (SSSR count). The molecule has 2 heterocycles. The molecular weight excluding hydrogens is 226 g/mol. The average molecular weight is 237 g/mol. The van der Waals surface area contributed by atoms with Crippen LogP contribution in [0.4, 0.5) is 5.69 Å². The van der Waals surface area contributed by atoms with E-state index in [1.807, 2.05) is 24.3 Å². The van der Waals surface area contributed by atoms with E-state index < -0.39 is 0 Å². The number of pyridine rings is 1. The summed E-state index contributed by atoms with van der Waals surface area (Å²) in [6.45, 7) is 0. The highest BCUT2D eigenvalue weighted by Gasteiger charge is 2.06. The molecule has 0 bridgehead atoms. The SMILES string of the molecule is Nc1ccc(-c2cnc3ccccn3c2=O)cc1.